The Balaban J connectivity index is 1.52. The van der Waals surface area contributed by atoms with Crippen molar-refractivity contribution in [3.63, 3.8) is 0 Å². The van der Waals surface area contributed by atoms with Crippen LogP contribution in [0.2, 0.25) is 0 Å². The molecule has 6 heteroatoms. The highest BCUT2D eigenvalue weighted by atomic mass is 79.9. The van der Waals surface area contributed by atoms with Crippen LogP contribution in [0.25, 0.3) is 22.0 Å². The van der Waals surface area contributed by atoms with Gasteiger partial charge < -0.3 is 9.88 Å². The highest BCUT2D eigenvalue weighted by Crippen LogP contribution is 2.32. The number of nitrogens with zero attached hydrogens (tertiary/aromatic N) is 3. The number of carbonyl (C=O) groups is 1. The minimum Gasteiger partial charge on any atom is -0.347 e. The van der Waals surface area contributed by atoms with Gasteiger partial charge in [-0.15, -0.1) is 0 Å². The van der Waals surface area contributed by atoms with E-state index in [2.05, 4.69) is 49.1 Å². The van der Waals surface area contributed by atoms with E-state index in [9.17, 15) is 4.79 Å². The molecule has 28 heavy (non-hydrogen) atoms. The van der Waals surface area contributed by atoms with E-state index in [1.54, 1.807) is 4.68 Å². The van der Waals surface area contributed by atoms with Crippen molar-refractivity contribution in [1.82, 2.24) is 14.3 Å². The summed E-state index contributed by atoms with van der Waals surface area (Å²) in [7, 11) is 1.85. The molecule has 4 rings (SSSR count). The molecule has 1 amide bonds. The molecule has 1 N–H and O–H groups in total. The molecule has 0 spiro atoms. The first kappa shape index (κ1) is 18.5. The molecule has 0 bridgehead atoms. The number of benzene rings is 2. The highest BCUT2D eigenvalue weighted by Gasteiger charge is 2.17. The largest absolute Gasteiger partial charge is 0.347 e. The first-order valence-corrected chi connectivity index (χ1v) is 9.95. The predicted octanol–water partition coefficient (Wildman–Crippen LogP) is 5.14. The molecule has 0 atom stereocenters. The van der Waals surface area contributed by atoms with Crippen LogP contribution in [0, 0.1) is 6.92 Å². The summed E-state index contributed by atoms with van der Waals surface area (Å²) in [5.74, 6) is 0.696. The van der Waals surface area contributed by atoms with Crippen LogP contribution in [0.3, 0.4) is 0 Å². The zero-order valence-electron chi connectivity index (χ0n) is 15.8. The van der Waals surface area contributed by atoms with Crippen molar-refractivity contribution < 1.29 is 4.79 Å². The Kier molecular flexibility index (Phi) is 5.05. The quantitative estimate of drug-likeness (QED) is 0.470. The smallest absolute Gasteiger partial charge is 0.227 e. The molecular weight excluding hydrogens is 416 g/mol. The first-order chi connectivity index (χ1) is 13.5. The standard InChI is InChI=1S/C22H21BrN4O/c1-15-21(17-7-9-18(23)10-8-17)22(26(2)25-15)24-20(28)12-14-27-13-11-16-5-3-4-6-19(16)27/h3-11,13H,12,14H2,1-2H3,(H,24,28). The van der Waals surface area contributed by atoms with Gasteiger partial charge in [-0.3, -0.25) is 9.48 Å². The molecule has 0 saturated heterocycles. The number of anilines is 1. The van der Waals surface area contributed by atoms with Gasteiger partial charge in [0.25, 0.3) is 0 Å². The fourth-order valence-corrected chi connectivity index (χ4v) is 3.78. The maximum atomic E-state index is 12.7. The van der Waals surface area contributed by atoms with Crippen LogP contribution in [0.15, 0.2) is 65.3 Å². The Morgan fingerprint density at radius 3 is 2.64 bits per heavy atom. The molecular formula is C22H21BrN4O. The summed E-state index contributed by atoms with van der Waals surface area (Å²) in [5.41, 5.74) is 4.01. The van der Waals surface area contributed by atoms with Crippen molar-refractivity contribution >= 4 is 38.6 Å². The number of hydrogen-bond donors (Lipinski definition) is 1. The molecule has 2 aromatic carbocycles. The first-order valence-electron chi connectivity index (χ1n) is 9.16. The fourth-order valence-electron chi connectivity index (χ4n) is 3.52. The monoisotopic (exact) mass is 436 g/mol. The van der Waals surface area contributed by atoms with Gasteiger partial charge in [0, 0.05) is 41.8 Å². The fraction of sp³-hybridized carbons (Fsp3) is 0.182. The Hall–Kier alpha value is -2.86. The molecule has 4 aromatic rings. The van der Waals surface area contributed by atoms with Crippen LogP contribution < -0.4 is 5.32 Å². The van der Waals surface area contributed by atoms with Gasteiger partial charge in [0.2, 0.25) is 5.91 Å². The second-order valence-electron chi connectivity index (χ2n) is 6.81. The Bertz CT molecular complexity index is 1140. The van der Waals surface area contributed by atoms with Crippen LogP contribution in [-0.4, -0.2) is 20.3 Å². The van der Waals surface area contributed by atoms with Gasteiger partial charge in [-0.25, -0.2) is 0 Å². The maximum Gasteiger partial charge on any atom is 0.227 e. The van der Waals surface area contributed by atoms with E-state index >= 15 is 0 Å². The number of aromatic nitrogens is 3. The topological polar surface area (TPSA) is 51.9 Å². The number of rotatable bonds is 5. The van der Waals surface area contributed by atoms with E-state index in [1.165, 1.54) is 5.39 Å². The lowest BCUT2D eigenvalue weighted by Gasteiger charge is -2.10. The SMILES string of the molecule is Cc1nn(C)c(NC(=O)CCn2ccc3ccccc32)c1-c1ccc(Br)cc1. The van der Waals surface area contributed by atoms with Crippen molar-refractivity contribution in [3.05, 3.63) is 71.0 Å². The van der Waals surface area contributed by atoms with Crippen LogP contribution in [0.1, 0.15) is 12.1 Å². The van der Waals surface area contributed by atoms with Gasteiger partial charge in [0.15, 0.2) is 0 Å². The third-order valence-corrected chi connectivity index (χ3v) is 5.40. The average Bonchev–Trinajstić information content (AvgIpc) is 3.22. The Morgan fingerprint density at radius 1 is 1.11 bits per heavy atom. The maximum absolute atomic E-state index is 12.7. The minimum absolute atomic E-state index is 0.0286. The number of halogens is 1. The molecule has 5 nitrogen and oxygen atoms in total. The average molecular weight is 437 g/mol. The second kappa shape index (κ2) is 7.64. The molecule has 0 aliphatic rings. The lowest BCUT2D eigenvalue weighted by atomic mass is 10.1. The summed E-state index contributed by atoms with van der Waals surface area (Å²) in [6, 6.07) is 18.3. The third-order valence-electron chi connectivity index (χ3n) is 4.87. The Labute approximate surface area is 172 Å². The predicted molar refractivity (Wildman–Crippen MR) is 116 cm³/mol. The van der Waals surface area contributed by atoms with Crippen molar-refractivity contribution in [3.8, 4) is 11.1 Å². The molecule has 142 valence electrons. The number of hydrogen-bond acceptors (Lipinski definition) is 2. The van der Waals surface area contributed by atoms with E-state index in [0.29, 0.717) is 13.0 Å². The van der Waals surface area contributed by atoms with Crippen LogP contribution >= 0.6 is 15.9 Å². The molecule has 0 unspecified atom stereocenters. The highest BCUT2D eigenvalue weighted by molar-refractivity contribution is 9.10. The lowest BCUT2D eigenvalue weighted by Crippen LogP contribution is -2.17. The van der Waals surface area contributed by atoms with Gasteiger partial charge >= 0.3 is 0 Å². The van der Waals surface area contributed by atoms with Crippen LogP contribution in [0.5, 0.6) is 0 Å². The summed E-state index contributed by atoms with van der Waals surface area (Å²) in [6.45, 7) is 2.59. The van der Waals surface area contributed by atoms with Crippen molar-refractivity contribution in [2.75, 3.05) is 5.32 Å². The molecule has 2 aromatic heterocycles. The van der Waals surface area contributed by atoms with Gasteiger partial charge in [-0.1, -0.05) is 46.3 Å². The minimum atomic E-state index is -0.0286. The molecule has 0 radical (unpaired) electrons. The number of carbonyl (C=O) groups excluding carboxylic acids is 1. The van der Waals surface area contributed by atoms with E-state index < -0.39 is 0 Å². The summed E-state index contributed by atoms with van der Waals surface area (Å²) in [4.78, 5) is 12.7. The zero-order chi connectivity index (χ0) is 19.7. The van der Waals surface area contributed by atoms with Crippen LogP contribution in [0.4, 0.5) is 5.82 Å². The number of fused-ring (bicyclic) bond motifs is 1. The summed E-state index contributed by atoms with van der Waals surface area (Å²) < 4.78 is 4.86. The van der Waals surface area contributed by atoms with Crippen molar-refractivity contribution in [2.45, 2.75) is 19.9 Å². The molecule has 0 fully saturated rings. The molecule has 0 aliphatic carbocycles. The molecule has 0 saturated carbocycles. The Morgan fingerprint density at radius 2 is 1.86 bits per heavy atom. The molecule has 2 heterocycles. The van der Waals surface area contributed by atoms with Gasteiger partial charge in [0.1, 0.15) is 5.82 Å². The summed E-state index contributed by atoms with van der Waals surface area (Å²) in [6.07, 6.45) is 2.42. The van der Waals surface area contributed by atoms with Gasteiger partial charge in [-0.05, 0) is 42.1 Å². The summed E-state index contributed by atoms with van der Waals surface area (Å²) >= 11 is 3.46. The third kappa shape index (κ3) is 3.60. The van der Waals surface area contributed by atoms with E-state index in [0.717, 1.165) is 32.6 Å². The van der Waals surface area contributed by atoms with Crippen molar-refractivity contribution in [2.24, 2.45) is 7.05 Å². The normalized spacial score (nSPS) is 11.1. The number of para-hydroxylation sites is 1. The lowest BCUT2D eigenvalue weighted by molar-refractivity contribution is -0.116. The summed E-state index contributed by atoms with van der Waals surface area (Å²) in [5, 5.41) is 8.74. The molecule has 0 aliphatic heterocycles. The number of aryl methyl sites for hydroxylation is 3. The van der Waals surface area contributed by atoms with E-state index in [1.807, 2.05) is 56.6 Å². The van der Waals surface area contributed by atoms with Crippen LogP contribution in [-0.2, 0) is 18.4 Å². The number of nitrogens with one attached hydrogen (secondary N) is 1. The van der Waals surface area contributed by atoms with Gasteiger partial charge in [-0.2, -0.15) is 5.10 Å². The number of amides is 1. The zero-order valence-corrected chi connectivity index (χ0v) is 17.4. The second-order valence-corrected chi connectivity index (χ2v) is 7.72. The van der Waals surface area contributed by atoms with Crippen molar-refractivity contribution in [1.29, 1.82) is 0 Å². The van der Waals surface area contributed by atoms with E-state index in [-0.39, 0.29) is 5.91 Å². The van der Waals surface area contributed by atoms with Gasteiger partial charge in [0.05, 0.1) is 5.69 Å². The van der Waals surface area contributed by atoms with E-state index in [4.69, 9.17) is 0 Å².